The molecule has 1 aromatic carbocycles. The minimum absolute atomic E-state index is 0.0907. The topological polar surface area (TPSA) is 55.1 Å². The Morgan fingerprint density at radius 3 is 2.89 bits per heavy atom. The molecule has 1 heterocycles. The van der Waals surface area contributed by atoms with Crippen molar-refractivity contribution in [3.63, 3.8) is 0 Å². The largest absolute Gasteiger partial charge is 0.448 e. The zero-order valence-corrected chi connectivity index (χ0v) is 11.7. The lowest BCUT2D eigenvalue weighted by molar-refractivity contribution is 0.0935. The average molecular weight is 309 g/mol. The van der Waals surface area contributed by atoms with Crippen LogP contribution >= 0.6 is 15.9 Å². The molecule has 2 aromatic rings. The number of aryl methyl sites for hydroxylation is 1. The second kappa shape index (κ2) is 5.35. The Morgan fingerprint density at radius 2 is 2.28 bits per heavy atom. The SMILES string of the molecule is Cc1nc(C(=O)NC(C)c2cccc(Br)c2)co1. The molecule has 1 atom stereocenters. The van der Waals surface area contributed by atoms with Crippen molar-refractivity contribution in [3.8, 4) is 0 Å². The fourth-order valence-electron chi connectivity index (χ4n) is 1.60. The van der Waals surface area contributed by atoms with Gasteiger partial charge in [-0.2, -0.15) is 0 Å². The second-order valence-corrected chi connectivity index (χ2v) is 4.92. The van der Waals surface area contributed by atoms with E-state index in [0.717, 1.165) is 10.0 Å². The molecule has 0 fully saturated rings. The van der Waals surface area contributed by atoms with Crippen LogP contribution in [0.15, 0.2) is 39.4 Å². The van der Waals surface area contributed by atoms with E-state index in [4.69, 9.17) is 4.42 Å². The fraction of sp³-hybridized carbons (Fsp3) is 0.231. The molecule has 0 bridgehead atoms. The van der Waals surface area contributed by atoms with Crippen LogP contribution in [-0.2, 0) is 0 Å². The van der Waals surface area contributed by atoms with Crippen molar-refractivity contribution in [2.75, 3.05) is 0 Å². The quantitative estimate of drug-likeness (QED) is 0.947. The van der Waals surface area contributed by atoms with Crippen LogP contribution in [0.3, 0.4) is 0 Å². The molecule has 0 radical (unpaired) electrons. The molecule has 5 heteroatoms. The van der Waals surface area contributed by atoms with Gasteiger partial charge in [0.1, 0.15) is 6.26 Å². The Bertz CT molecular complexity index is 566. The predicted molar refractivity (Wildman–Crippen MR) is 71.3 cm³/mol. The summed E-state index contributed by atoms with van der Waals surface area (Å²) in [6.45, 7) is 3.63. The molecule has 4 nitrogen and oxygen atoms in total. The van der Waals surface area contributed by atoms with Crippen molar-refractivity contribution in [3.05, 3.63) is 52.1 Å². The number of hydrogen-bond donors (Lipinski definition) is 1. The second-order valence-electron chi connectivity index (χ2n) is 4.00. The lowest BCUT2D eigenvalue weighted by atomic mass is 10.1. The lowest BCUT2D eigenvalue weighted by Crippen LogP contribution is -2.26. The number of rotatable bonds is 3. The summed E-state index contributed by atoms with van der Waals surface area (Å²) in [5, 5.41) is 2.87. The number of carbonyl (C=O) groups excluding carboxylic acids is 1. The third kappa shape index (κ3) is 2.98. The zero-order chi connectivity index (χ0) is 13.1. The van der Waals surface area contributed by atoms with Crippen molar-refractivity contribution in [1.82, 2.24) is 10.3 Å². The van der Waals surface area contributed by atoms with Crippen molar-refractivity contribution >= 4 is 21.8 Å². The third-order valence-electron chi connectivity index (χ3n) is 2.55. The first-order valence-corrected chi connectivity index (χ1v) is 6.34. The van der Waals surface area contributed by atoms with Gasteiger partial charge in [0.05, 0.1) is 6.04 Å². The van der Waals surface area contributed by atoms with Gasteiger partial charge in [-0.05, 0) is 24.6 Å². The van der Waals surface area contributed by atoms with Gasteiger partial charge in [-0.25, -0.2) is 4.98 Å². The Labute approximate surface area is 114 Å². The number of benzene rings is 1. The maximum atomic E-state index is 11.9. The van der Waals surface area contributed by atoms with E-state index in [0.29, 0.717) is 11.6 Å². The molecular weight excluding hydrogens is 296 g/mol. The maximum absolute atomic E-state index is 11.9. The Balaban J connectivity index is 2.07. The molecule has 0 aliphatic heterocycles. The minimum Gasteiger partial charge on any atom is -0.448 e. The lowest BCUT2D eigenvalue weighted by Gasteiger charge is -2.13. The van der Waals surface area contributed by atoms with Crippen LogP contribution in [0.5, 0.6) is 0 Å². The van der Waals surface area contributed by atoms with Gasteiger partial charge in [0.2, 0.25) is 0 Å². The first kappa shape index (κ1) is 12.8. The number of hydrogen-bond acceptors (Lipinski definition) is 3. The van der Waals surface area contributed by atoms with Gasteiger partial charge in [0.15, 0.2) is 11.6 Å². The summed E-state index contributed by atoms with van der Waals surface area (Å²) in [5.74, 6) is 0.245. The van der Waals surface area contributed by atoms with Gasteiger partial charge in [-0.3, -0.25) is 4.79 Å². The summed E-state index contributed by atoms with van der Waals surface area (Å²) in [4.78, 5) is 15.9. The Morgan fingerprint density at radius 1 is 1.50 bits per heavy atom. The summed E-state index contributed by atoms with van der Waals surface area (Å²) >= 11 is 3.40. The number of nitrogens with zero attached hydrogens (tertiary/aromatic N) is 1. The van der Waals surface area contributed by atoms with E-state index in [9.17, 15) is 4.79 Å². The van der Waals surface area contributed by atoms with Crippen molar-refractivity contribution in [1.29, 1.82) is 0 Å². The maximum Gasteiger partial charge on any atom is 0.273 e. The first-order valence-electron chi connectivity index (χ1n) is 5.54. The molecule has 0 aliphatic rings. The standard InChI is InChI=1S/C13H13BrN2O2/c1-8(10-4-3-5-11(14)6-10)15-13(17)12-7-18-9(2)16-12/h3-8H,1-2H3,(H,15,17). The molecule has 0 saturated heterocycles. The molecular formula is C13H13BrN2O2. The number of aromatic nitrogens is 1. The van der Waals surface area contributed by atoms with Crippen LogP contribution in [-0.4, -0.2) is 10.9 Å². The molecule has 1 amide bonds. The van der Waals surface area contributed by atoms with Gasteiger partial charge in [0, 0.05) is 11.4 Å². The van der Waals surface area contributed by atoms with Crippen LogP contribution in [0.1, 0.15) is 34.9 Å². The molecule has 0 spiro atoms. The van der Waals surface area contributed by atoms with E-state index in [1.54, 1.807) is 6.92 Å². The van der Waals surface area contributed by atoms with Crippen LogP contribution in [0.4, 0.5) is 0 Å². The summed E-state index contributed by atoms with van der Waals surface area (Å²) < 4.78 is 6.00. The van der Waals surface area contributed by atoms with Crippen molar-refractivity contribution in [2.24, 2.45) is 0 Å². The van der Waals surface area contributed by atoms with E-state index in [1.165, 1.54) is 6.26 Å². The highest BCUT2D eigenvalue weighted by Gasteiger charge is 2.14. The Kier molecular flexibility index (Phi) is 3.81. The number of halogens is 1. The van der Waals surface area contributed by atoms with Crippen molar-refractivity contribution < 1.29 is 9.21 Å². The van der Waals surface area contributed by atoms with Gasteiger partial charge in [0.25, 0.3) is 5.91 Å². The zero-order valence-electron chi connectivity index (χ0n) is 10.1. The number of oxazole rings is 1. The molecule has 1 aromatic heterocycles. The van der Waals surface area contributed by atoms with Gasteiger partial charge in [-0.15, -0.1) is 0 Å². The first-order chi connectivity index (χ1) is 8.56. The summed E-state index contributed by atoms with van der Waals surface area (Å²) in [6, 6.07) is 7.72. The Hall–Kier alpha value is -1.62. The third-order valence-corrected chi connectivity index (χ3v) is 3.04. The molecule has 0 aliphatic carbocycles. The summed E-state index contributed by atoms with van der Waals surface area (Å²) in [6.07, 6.45) is 1.36. The molecule has 1 unspecified atom stereocenters. The monoisotopic (exact) mass is 308 g/mol. The molecule has 18 heavy (non-hydrogen) atoms. The predicted octanol–water partition coefficient (Wildman–Crippen LogP) is 3.24. The average Bonchev–Trinajstić information content (AvgIpc) is 2.76. The van der Waals surface area contributed by atoms with E-state index in [2.05, 4.69) is 26.2 Å². The van der Waals surface area contributed by atoms with Crippen LogP contribution in [0.25, 0.3) is 0 Å². The molecule has 1 N–H and O–H groups in total. The van der Waals surface area contributed by atoms with Gasteiger partial charge >= 0.3 is 0 Å². The van der Waals surface area contributed by atoms with Crippen LogP contribution in [0.2, 0.25) is 0 Å². The van der Waals surface area contributed by atoms with E-state index in [1.807, 2.05) is 31.2 Å². The van der Waals surface area contributed by atoms with E-state index >= 15 is 0 Å². The summed E-state index contributed by atoms with van der Waals surface area (Å²) in [7, 11) is 0. The van der Waals surface area contributed by atoms with E-state index in [-0.39, 0.29) is 11.9 Å². The highest BCUT2D eigenvalue weighted by atomic mass is 79.9. The number of nitrogens with one attached hydrogen (secondary N) is 1. The smallest absolute Gasteiger partial charge is 0.273 e. The molecule has 0 saturated carbocycles. The minimum atomic E-state index is -0.237. The van der Waals surface area contributed by atoms with Crippen LogP contribution in [0, 0.1) is 6.92 Å². The summed E-state index contributed by atoms with van der Waals surface area (Å²) in [5.41, 5.74) is 1.33. The highest BCUT2D eigenvalue weighted by molar-refractivity contribution is 9.10. The highest BCUT2D eigenvalue weighted by Crippen LogP contribution is 2.18. The normalized spacial score (nSPS) is 12.2. The fourth-order valence-corrected chi connectivity index (χ4v) is 2.01. The molecule has 2 rings (SSSR count). The van der Waals surface area contributed by atoms with Gasteiger partial charge < -0.3 is 9.73 Å². The number of carbonyl (C=O) groups is 1. The molecule has 94 valence electrons. The van der Waals surface area contributed by atoms with Gasteiger partial charge in [-0.1, -0.05) is 28.1 Å². The van der Waals surface area contributed by atoms with Crippen LogP contribution < -0.4 is 5.32 Å². The van der Waals surface area contributed by atoms with Crippen molar-refractivity contribution in [2.45, 2.75) is 19.9 Å². The van der Waals surface area contributed by atoms with E-state index < -0.39 is 0 Å². The number of amides is 1.